The number of benzene rings is 1. The van der Waals surface area contributed by atoms with Crippen LogP contribution in [0.3, 0.4) is 0 Å². The van der Waals surface area contributed by atoms with E-state index in [1.54, 1.807) is 0 Å². The lowest BCUT2D eigenvalue weighted by molar-refractivity contribution is -0.125. The van der Waals surface area contributed by atoms with Gasteiger partial charge in [0.15, 0.2) is 0 Å². The second kappa shape index (κ2) is 8.52. The van der Waals surface area contributed by atoms with Crippen LogP contribution in [0, 0.1) is 0 Å². The molecule has 1 atom stereocenters. The van der Waals surface area contributed by atoms with Crippen molar-refractivity contribution in [2.75, 3.05) is 38.0 Å². The van der Waals surface area contributed by atoms with Crippen LogP contribution < -0.4 is 10.6 Å². The SMILES string of the molecule is CCN1CCN(C2=NC(C(=O)Nc3ccc(C(C)C)cc3)CC(=O)N2)CC1. The number of guanidine groups is 1. The van der Waals surface area contributed by atoms with Crippen LogP contribution in [0.15, 0.2) is 29.3 Å². The number of nitrogens with zero attached hydrogens (tertiary/aromatic N) is 3. The van der Waals surface area contributed by atoms with E-state index < -0.39 is 6.04 Å². The van der Waals surface area contributed by atoms with E-state index in [-0.39, 0.29) is 18.2 Å². The van der Waals surface area contributed by atoms with Crippen molar-refractivity contribution in [3.8, 4) is 0 Å². The molecule has 0 aromatic heterocycles. The predicted octanol–water partition coefficient (Wildman–Crippen LogP) is 1.63. The van der Waals surface area contributed by atoms with Gasteiger partial charge in [-0.1, -0.05) is 32.9 Å². The highest BCUT2D eigenvalue weighted by Gasteiger charge is 2.30. The summed E-state index contributed by atoms with van der Waals surface area (Å²) in [4.78, 5) is 33.7. The molecule has 2 aliphatic heterocycles. The van der Waals surface area contributed by atoms with Gasteiger partial charge in [0, 0.05) is 31.9 Å². The van der Waals surface area contributed by atoms with E-state index in [1.807, 2.05) is 24.3 Å². The summed E-state index contributed by atoms with van der Waals surface area (Å²) < 4.78 is 0. The molecule has 1 aromatic carbocycles. The largest absolute Gasteiger partial charge is 0.340 e. The van der Waals surface area contributed by atoms with Gasteiger partial charge >= 0.3 is 0 Å². The highest BCUT2D eigenvalue weighted by Crippen LogP contribution is 2.18. The van der Waals surface area contributed by atoms with Gasteiger partial charge in [0.25, 0.3) is 0 Å². The minimum atomic E-state index is -0.692. The maximum Gasteiger partial charge on any atom is 0.249 e. The number of hydrogen-bond acceptors (Lipinski definition) is 5. The first-order valence-corrected chi connectivity index (χ1v) is 9.72. The molecule has 1 unspecified atom stereocenters. The summed E-state index contributed by atoms with van der Waals surface area (Å²) in [7, 11) is 0. The number of carbonyl (C=O) groups is 2. The number of anilines is 1. The zero-order valence-corrected chi connectivity index (χ0v) is 16.4. The monoisotopic (exact) mass is 371 g/mol. The minimum Gasteiger partial charge on any atom is -0.340 e. The lowest BCUT2D eigenvalue weighted by Crippen LogP contribution is -2.56. The van der Waals surface area contributed by atoms with Crippen LogP contribution in [0.2, 0.25) is 0 Å². The van der Waals surface area contributed by atoms with Crippen molar-refractivity contribution in [1.82, 2.24) is 15.1 Å². The maximum absolute atomic E-state index is 12.6. The van der Waals surface area contributed by atoms with Gasteiger partial charge < -0.3 is 15.1 Å². The van der Waals surface area contributed by atoms with Gasteiger partial charge in [0.1, 0.15) is 6.04 Å². The van der Waals surface area contributed by atoms with Crippen molar-refractivity contribution in [2.24, 2.45) is 4.99 Å². The van der Waals surface area contributed by atoms with Crippen LogP contribution in [0.4, 0.5) is 5.69 Å². The van der Waals surface area contributed by atoms with E-state index in [2.05, 4.69) is 46.2 Å². The van der Waals surface area contributed by atoms with Crippen molar-refractivity contribution in [3.05, 3.63) is 29.8 Å². The standard InChI is InChI=1S/C20H29N5O2/c1-4-24-9-11-25(12-10-24)20-22-17(13-18(26)23-20)19(27)21-16-7-5-15(6-8-16)14(2)3/h5-8,14,17H,4,9-13H2,1-3H3,(H,21,27)(H,22,23,26). The topological polar surface area (TPSA) is 77.0 Å². The number of rotatable bonds is 4. The Morgan fingerprint density at radius 3 is 2.48 bits per heavy atom. The van der Waals surface area contributed by atoms with Crippen LogP contribution in [0.5, 0.6) is 0 Å². The third kappa shape index (κ3) is 4.86. The molecule has 0 aliphatic carbocycles. The Bertz CT molecular complexity index is 706. The number of carbonyl (C=O) groups excluding carboxylic acids is 2. The Hall–Kier alpha value is -2.41. The van der Waals surface area contributed by atoms with Crippen LogP contribution >= 0.6 is 0 Å². The maximum atomic E-state index is 12.6. The summed E-state index contributed by atoms with van der Waals surface area (Å²) in [5.41, 5.74) is 1.94. The number of amides is 2. The summed E-state index contributed by atoms with van der Waals surface area (Å²) in [6, 6.07) is 7.11. The van der Waals surface area contributed by atoms with E-state index in [0.29, 0.717) is 11.9 Å². The van der Waals surface area contributed by atoms with Gasteiger partial charge in [0.05, 0.1) is 6.42 Å². The molecule has 1 saturated heterocycles. The van der Waals surface area contributed by atoms with Gasteiger partial charge in [0.2, 0.25) is 17.8 Å². The highest BCUT2D eigenvalue weighted by atomic mass is 16.2. The third-order valence-corrected chi connectivity index (χ3v) is 5.17. The Balaban J connectivity index is 1.65. The molecule has 27 heavy (non-hydrogen) atoms. The minimum absolute atomic E-state index is 0.0777. The van der Waals surface area contributed by atoms with Crippen molar-refractivity contribution < 1.29 is 9.59 Å². The zero-order chi connectivity index (χ0) is 19.4. The molecule has 7 nitrogen and oxygen atoms in total. The van der Waals surface area contributed by atoms with Gasteiger partial charge in [-0.2, -0.15) is 0 Å². The molecule has 2 amide bonds. The average Bonchev–Trinajstić information content (AvgIpc) is 2.68. The van der Waals surface area contributed by atoms with Crippen molar-refractivity contribution in [3.63, 3.8) is 0 Å². The fourth-order valence-electron chi connectivity index (χ4n) is 3.34. The van der Waals surface area contributed by atoms with Crippen molar-refractivity contribution >= 4 is 23.5 Å². The Labute approximate surface area is 160 Å². The molecule has 0 saturated carbocycles. The van der Waals surface area contributed by atoms with Crippen molar-refractivity contribution in [1.29, 1.82) is 0 Å². The van der Waals surface area contributed by atoms with Crippen LogP contribution in [-0.2, 0) is 9.59 Å². The summed E-state index contributed by atoms with van der Waals surface area (Å²) in [5.74, 6) is 0.564. The normalized spacial score (nSPS) is 21.0. The number of hydrogen-bond donors (Lipinski definition) is 2. The molecule has 146 valence electrons. The molecule has 7 heteroatoms. The fraction of sp³-hybridized carbons (Fsp3) is 0.550. The Morgan fingerprint density at radius 1 is 1.22 bits per heavy atom. The average molecular weight is 371 g/mol. The Morgan fingerprint density at radius 2 is 1.89 bits per heavy atom. The van der Waals surface area contributed by atoms with Gasteiger partial charge in [-0.3, -0.25) is 14.9 Å². The molecule has 2 aliphatic rings. The van der Waals surface area contributed by atoms with Gasteiger partial charge in [-0.25, -0.2) is 4.99 Å². The van der Waals surface area contributed by atoms with Gasteiger partial charge in [-0.15, -0.1) is 0 Å². The summed E-state index contributed by atoms with van der Waals surface area (Å²) in [5, 5.41) is 5.71. The quantitative estimate of drug-likeness (QED) is 0.843. The molecule has 1 aromatic rings. The van der Waals surface area contributed by atoms with Crippen LogP contribution in [-0.4, -0.2) is 66.3 Å². The zero-order valence-electron chi connectivity index (χ0n) is 16.4. The Kier molecular flexibility index (Phi) is 6.11. The predicted molar refractivity (Wildman–Crippen MR) is 107 cm³/mol. The van der Waals surface area contributed by atoms with Crippen LogP contribution in [0.25, 0.3) is 0 Å². The van der Waals surface area contributed by atoms with E-state index in [1.165, 1.54) is 5.56 Å². The van der Waals surface area contributed by atoms with Gasteiger partial charge in [-0.05, 0) is 30.2 Å². The second-order valence-electron chi connectivity index (χ2n) is 7.41. The van der Waals surface area contributed by atoms with E-state index in [4.69, 9.17) is 0 Å². The molecule has 0 bridgehead atoms. The summed E-state index contributed by atoms with van der Waals surface area (Å²) in [6.45, 7) is 10.9. The first-order chi connectivity index (χ1) is 13.0. The molecule has 0 radical (unpaired) electrons. The number of likely N-dealkylation sites (N-methyl/N-ethyl adjacent to an activating group) is 1. The summed E-state index contributed by atoms with van der Waals surface area (Å²) >= 11 is 0. The van der Waals surface area contributed by atoms with E-state index in [0.717, 1.165) is 38.4 Å². The van der Waals surface area contributed by atoms with Crippen LogP contribution in [0.1, 0.15) is 38.7 Å². The second-order valence-corrected chi connectivity index (χ2v) is 7.41. The molecule has 2 heterocycles. The number of piperazine rings is 1. The highest BCUT2D eigenvalue weighted by molar-refractivity contribution is 6.05. The molecule has 2 N–H and O–H groups in total. The fourth-order valence-corrected chi connectivity index (χ4v) is 3.34. The molecule has 3 rings (SSSR count). The lowest BCUT2D eigenvalue weighted by Gasteiger charge is -2.37. The first kappa shape index (κ1) is 19.4. The first-order valence-electron chi connectivity index (χ1n) is 9.72. The summed E-state index contributed by atoms with van der Waals surface area (Å²) in [6.07, 6.45) is 0.0777. The number of nitrogens with one attached hydrogen (secondary N) is 2. The number of aliphatic imine (C=N–C) groups is 1. The van der Waals surface area contributed by atoms with Crippen molar-refractivity contribution in [2.45, 2.75) is 39.2 Å². The molecular weight excluding hydrogens is 342 g/mol. The van der Waals surface area contributed by atoms with E-state index >= 15 is 0 Å². The van der Waals surface area contributed by atoms with E-state index in [9.17, 15) is 9.59 Å². The molecular formula is C20H29N5O2. The molecule has 0 spiro atoms. The third-order valence-electron chi connectivity index (χ3n) is 5.17. The lowest BCUT2D eigenvalue weighted by atomic mass is 10.0. The smallest absolute Gasteiger partial charge is 0.249 e. The molecule has 1 fully saturated rings.